The van der Waals surface area contributed by atoms with Gasteiger partial charge in [-0.2, -0.15) is 5.26 Å². The summed E-state index contributed by atoms with van der Waals surface area (Å²) < 4.78 is 6.03. The van der Waals surface area contributed by atoms with E-state index in [0.717, 1.165) is 18.8 Å². The molecular formula is C13H13NOS2. The number of hydrogen-bond donors (Lipinski definition) is 0. The molecule has 0 bridgehead atoms. The Morgan fingerprint density at radius 1 is 1.29 bits per heavy atom. The molecule has 0 aliphatic carbocycles. The highest BCUT2D eigenvalue weighted by molar-refractivity contribution is 8.16. The van der Waals surface area contributed by atoms with Gasteiger partial charge in [-0.15, -0.1) is 23.5 Å². The van der Waals surface area contributed by atoms with E-state index >= 15 is 0 Å². The summed E-state index contributed by atoms with van der Waals surface area (Å²) in [4.78, 5) is 0. The van der Waals surface area contributed by atoms with Gasteiger partial charge in [0.1, 0.15) is 11.8 Å². The first-order valence-electron chi connectivity index (χ1n) is 5.81. The molecule has 2 nitrogen and oxygen atoms in total. The summed E-state index contributed by atoms with van der Waals surface area (Å²) in [7, 11) is 0. The van der Waals surface area contributed by atoms with Crippen LogP contribution < -0.4 is 4.74 Å². The number of benzene rings is 1. The molecule has 17 heavy (non-hydrogen) atoms. The summed E-state index contributed by atoms with van der Waals surface area (Å²) >= 11 is 3.99. The first-order chi connectivity index (χ1) is 8.38. The van der Waals surface area contributed by atoms with Crippen LogP contribution in [0, 0.1) is 11.3 Å². The molecule has 2 heterocycles. The van der Waals surface area contributed by atoms with Crippen LogP contribution in [0.3, 0.4) is 0 Å². The molecule has 2 aliphatic heterocycles. The van der Waals surface area contributed by atoms with E-state index in [4.69, 9.17) is 4.74 Å². The van der Waals surface area contributed by atoms with Gasteiger partial charge < -0.3 is 4.74 Å². The summed E-state index contributed by atoms with van der Waals surface area (Å²) in [6.45, 7) is 0.721. The average Bonchev–Trinajstić information content (AvgIpc) is 2.86. The van der Waals surface area contributed by atoms with Crippen molar-refractivity contribution in [1.82, 2.24) is 0 Å². The first kappa shape index (κ1) is 11.3. The molecule has 1 fully saturated rings. The Kier molecular flexibility index (Phi) is 3.21. The molecule has 0 spiro atoms. The van der Waals surface area contributed by atoms with E-state index in [-0.39, 0.29) is 0 Å². The lowest BCUT2D eigenvalue weighted by atomic mass is 10.0. The van der Waals surface area contributed by atoms with Crippen molar-refractivity contribution in [2.75, 3.05) is 18.1 Å². The average molecular weight is 263 g/mol. The van der Waals surface area contributed by atoms with Gasteiger partial charge >= 0.3 is 0 Å². The predicted octanol–water partition coefficient (Wildman–Crippen LogP) is 3.36. The lowest BCUT2D eigenvalue weighted by molar-refractivity contribution is 0.356. The standard InChI is InChI=1S/C13H13NOS2/c14-8-11-7-10(13-16-4-1-5-17-13)6-9-2-3-15-12(9)11/h6-7,13H,1-5H2. The Labute approximate surface area is 110 Å². The van der Waals surface area contributed by atoms with Crippen LogP contribution in [0.1, 0.15) is 27.7 Å². The Hall–Kier alpha value is -0.790. The molecule has 1 saturated heterocycles. The molecule has 0 N–H and O–H groups in total. The molecule has 0 saturated carbocycles. The lowest BCUT2D eigenvalue weighted by Crippen LogP contribution is -2.01. The highest BCUT2D eigenvalue weighted by atomic mass is 32.2. The van der Waals surface area contributed by atoms with Crippen molar-refractivity contribution < 1.29 is 4.74 Å². The van der Waals surface area contributed by atoms with E-state index in [1.54, 1.807) is 0 Å². The van der Waals surface area contributed by atoms with Crippen molar-refractivity contribution in [2.45, 2.75) is 17.4 Å². The normalized spacial score (nSPS) is 19.5. The highest BCUT2D eigenvalue weighted by Gasteiger charge is 2.22. The number of rotatable bonds is 1. The van der Waals surface area contributed by atoms with Crippen molar-refractivity contribution >= 4 is 23.5 Å². The topological polar surface area (TPSA) is 33.0 Å². The van der Waals surface area contributed by atoms with E-state index in [1.807, 2.05) is 29.6 Å². The van der Waals surface area contributed by atoms with Crippen LogP contribution in [-0.2, 0) is 6.42 Å². The van der Waals surface area contributed by atoms with Crippen LogP contribution in [0.4, 0.5) is 0 Å². The summed E-state index contributed by atoms with van der Waals surface area (Å²) in [5.74, 6) is 3.28. The minimum absolute atomic E-state index is 0.502. The maximum absolute atomic E-state index is 9.18. The summed E-state index contributed by atoms with van der Waals surface area (Å²) in [5, 5.41) is 9.18. The number of nitriles is 1. The van der Waals surface area contributed by atoms with E-state index in [0.29, 0.717) is 10.1 Å². The second kappa shape index (κ2) is 4.83. The fourth-order valence-electron chi connectivity index (χ4n) is 2.23. The van der Waals surface area contributed by atoms with Gasteiger partial charge in [-0.05, 0) is 41.2 Å². The quantitative estimate of drug-likeness (QED) is 0.778. The van der Waals surface area contributed by atoms with Gasteiger partial charge in [-0.25, -0.2) is 0 Å². The third-order valence-electron chi connectivity index (χ3n) is 3.03. The van der Waals surface area contributed by atoms with E-state index < -0.39 is 0 Å². The van der Waals surface area contributed by atoms with Gasteiger partial charge in [-0.3, -0.25) is 0 Å². The third kappa shape index (κ3) is 2.14. The Morgan fingerprint density at radius 2 is 2.12 bits per heavy atom. The zero-order chi connectivity index (χ0) is 11.7. The number of fused-ring (bicyclic) bond motifs is 1. The highest BCUT2D eigenvalue weighted by Crippen LogP contribution is 2.45. The van der Waals surface area contributed by atoms with Crippen molar-refractivity contribution in [3.63, 3.8) is 0 Å². The molecule has 88 valence electrons. The van der Waals surface area contributed by atoms with E-state index in [2.05, 4.69) is 12.1 Å². The molecule has 0 radical (unpaired) electrons. The number of hydrogen-bond acceptors (Lipinski definition) is 4. The largest absolute Gasteiger partial charge is 0.492 e. The monoisotopic (exact) mass is 263 g/mol. The summed E-state index contributed by atoms with van der Waals surface area (Å²) in [5.41, 5.74) is 3.22. The smallest absolute Gasteiger partial charge is 0.140 e. The number of nitrogens with zero attached hydrogens (tertiary/aromatic N) is 1. The molecule has 2 aliphatic rings. The SMILES string of the molecule is N#Cc1cc(C2SCCCS2)cc2c1OCC2. The van der Waals surface area contributed by atoms with Crippen molar-refractivity contribution in [3.8, 4) is 11.8 Å². The third-order valence-corrected chi connectivity index (χ3v) is 6.04. The summed E-state index contributed by atoms with van der Waals surface area (Å²) in [6.07, 6.45) is 2.24. The van der Waals surface area contributed by atoms with Crippen LogP contribution in [0.15, 0.2) is 12.1 Å². The van der Waals surface area contributed by atoms with Crippen LogP contribution in [0.5, 0.6) is 5.75 Å². The van der Waals surface area contributed by atoms with Crippen molar-refractivity contribution in [2.24, 2.45) is 0 Å². The molecule has 3 rings (SSSR count). The van der Waals surface area contributed by atoms with E-state index in [1.165, 1.54) is 29.1 Å². The van der Waals surface area contributed by atoms with Gasteiger partial charge in [0.05, 0.1) is 16.8 Å². The Morgan fingerprint density at radius 3 is 2.88 bits per heavy atom. The van der Waals surface area contributed by atoms with Crippen LogP contribution in [0.25, 0.3) is 0 Å². The van der Waals surface area contributed by atoms with Crippen LogP contribution >= 0.6 is 23.5 Å². The van der Waals surface area contributed by atoms with Crippen LogP contribution in [0.2, 0.25) is 0 Å². The zero-order valence-electron chi connectivity index (χ0n) is 9.44. The second-order valence-corrected chi connectivity index (χ2v) is 6.92. The Balaban J connectivity index is 1.98. The molecule has 0 aromatic heterocycles. The minimum Gasteiger partial charge on any atom is -0.492 e. The fourth-order valence-corrected chi connectivity index (χ4v) is 5.08. The minimum atomic E-state index is 0.502. The number of thioether (sulfide) groups is 2. The maximum Gasteiger partial charge on any atom is 0.140 e. The Bertz CT molecular complexity index is 475. The zero-order valence-corrected chi connectivity index (χ0v) is 11.1. The van der Waals surface area contributed by atoms with Gasteiger partial charge in [0.2, 0.25) is 0 Å². The first-order valence-corrected chi connectivity index (χ1v) is 7.91. The molecule has 1 aromatic carbocycles. The molecule has 0 amide bonds. The predicted molar refractivity (Wildman–Crippen MR) is 72.6 cm³/mol. The van der Waals surface area contributed by atoms with Crippen molar-refractivity contribution in [1.29, 1.82) is 5.26 Å². The van der Waals surface area contributed by atoms with Gasteiger partial charge in [0, 0.05) is 6.42 Å². The molecule has 0 atom stereocenters. The number of ether oxygens (including phenoxy) is 1. The molecule has 1 aromatic rings. The van der Waals surface area contributed by atoms with Gasteiger partial charge in [-0.1, -0.05) is 0 Å². The molecule has 4 heteroatoms. The summed E-state index contributed by atoms with van der Waals surface area (Å²) in [6, 6.07) is 6.51. The lowest BCUT2D eigenvalue weighted by Gasteiger charge is -2.21. The van der Waals surface area contributed by atoms with E-state index in [9.17, 15) is 5.26 Å². The van der Waals surface area contributed by atoms with Gasteiger partial charge in [0.15, 0.2) is 0 Å². The molecule has 0 unspecified atom stereocenters. The van der Waals surface area contributed by atoms with Crippen molar-refractivity contribution in [3.05, 3.63) is 28.8 Å². The molecular weight excluding hydrogens is 250 g/mol. The fraction of sp³-hybridized carbons (Fsp3) is 0.462. The van der Waals surface area contributed by atoms with Gasteiger partial charge in [0.25, 0.3) is 0 Å². The van der Waals surface area contributed by atoms with Crippen LogP contribution in [-0.4, -0.2) is 18.1 Å². The second-order valence-electron chi connectivity index (χ2n) is 4.19. The maximum atomic E-state index is 9.18.